The van der Waals surface area contributed by atoms with Crippen molar-refractivity contribution < 1.29 is 9.59 Å². The molecule has 2 saturated heterocycles. The lowest BCUT2D eigenvalue weighted by molar-refractivity contribution is -0.132. The predicted molar refractivity (Wildman–Crippen MR) is 94.7 cm³/mol. The molecule has 0 N–H and O–H groups in total. The van der Waals surface area contributed by atoms with Gasteiger partial charge in [-0.05, 0) is 50.0 Å². The van der Waals surface area contributed by atoms with Crippen molar-refractivity contribution in [2.24, 2.45) is 0 Å². The number of piperidine rings is 1. The number of nitrogens with zero attached hydrogens (tertiary/aromatic N) is 2. The minimum atomic E-state index is 0.00404. The molecule has 5 heteroatoms. The lowest BCUT2D eigenvalue weighted by atomic mass is 10.1. The summed E-state index contributed by atoms with van der Waals surface area (Å²) >= 11 is 1.72. The first-order chi connectivity index (χ1) is 11.3. The van der Waals surface area contributed by atoms with Crippen molar-refractivity contribution in [2.75, 3.05) is 30.3 Å². The van der Waals surface area contributed by atoms with E-state index < -0.39 is 0 Å². The number of hydrogen-bond acceptors (Lipinski definition) is 3. The minimum absolute atomic E-state index is 0.00404. The number of likely N-dealkylation sites (tertiary alicyclic amines) is 1. The molecule has 3 rings (SSSR count). The molecule has 1 atom stereocenters. The Balaban J connectivity index is 1.74. The van der Waals surface area contributed by atoms with E-state index in [0.717, 1.165) is 50.2 Å². The predicted octanol–water partition coefficient (Wildman–Crippen LogP) is 2.93. The smallest absolute Gasteiger partial charge is 0.242 e. The van der Waals surface area contributed by atoms with Gasteiger partial charge < -0.3 is 9.80 Å². The molecule has 4 nitrogen and oxygen atoms in total. The van der Waals surface area contributed by atoms with Gasteiger partial charge in [-0.2, -0.15) is 0 Å². The fourth-order valence-electron chi connectivity index (χ4n) is 3.23. The molecule has 1 unspecified atom stereocenters. The van der Waals surface area contributed by atoms with Gasteiger partial charge in [-0.15, -0.1) is 11.8 Å². The van der Waals surface area contributed by atoms with Gasteiger partial charge in [-0.3, -0.25) is 9.59 Å². The number of anilines is 1. The summed E-state index contributed by atoms with van der Waals surface area (Å²) in [6, 6.07) is 9.61. The van der Waals surface area contributed by atoms with E-state index in [1.165, 1.54) is 6.42 Å². The molecule has 0 spiro atoms. The van der Waals surface area contributed by atoms with Crippen molar-refractivity contribution in [3.63, 3.8) is 0 Å². The maximum Gasteiger partial charge on any atom is 0.242 e. The first-order valence-electron chi connectivity index (χ1n) is 8.51. The maximum atomic E-state index is 12.9. The second-order valence-electron chi connectivity index (χ2n) is 6.20. The molecule has 0 aromatic heterocycles. The standard InChI is InChI=1S/C18H24N2O2S/c21-17(19-11-5-2-6-12-19)14-20(15-8-3-1-4-9-15)18(22)16-10-7-13-23-16/h1,3-4,8-9,16H,2,5-7,10-14H2. The van der Waals surface area contributed by atoms with Crippen LogP contribution < -0.4 is 4.90 Å². The third kappa shape index (κ3) is 4.08. The van der Waals surface area contributed by atoms with Crippen molar-refractivity contribution in [2.45, 2.75) is 37.4 Å². The fourth-order valence-corrected chi connectivity index (χ4v) is 4.45. The number of carbonyl (C=O) groups excluding carboxylic acids is 2. The quantitative estimate of drug-likeness (QED) is 0.851. The first-order valence-corrected chi connectivity index (χ1v) is 9.56. The Labute approximate surface area is 142 Å². The summed E-state index contributed by atoms with van der Waals surface area (Å²) in [6.45, 7) is 1.82. The number of hydrogen-bond donors (Lipinski definition) is 0. The Hall–Kier alpha value is -1.49. The van der Waals surface area contributed by atoms with Crippen LogP contribution in [0.5, 0.6) is 0 Å². The van der Waals surface area contributed by atoms with Crippen molar-refractivity contribution in [1.29, 1.82) is 0 Å². The molecule has 2 heterocycles. The van der Waals surface area contributed by atoms with Crippen LogP contribution in [0.2, 0.25) is 0 Å². The maximum absolute atomic E-state index is 12.9. The molecule has 124 valence electrons. The molecule has 0 radical (unpaired) electrons. The average molecular weight is 332 g/mol. The topological polar surface area (TPSA) is 40.6 Å². The normalized spacial score (nSPS) is 21.2. The average Bonchev–Trinajstić information content (AvgIpc) is 3.15. The summed E-state index contributed by atoms with van der Waals surface area (Å²) in [5.41, 5.74) is 0.829. The van der Waals surface area contributed by atoms with Crippen molar-refractivity contribution >= 4 is 29.3 Å². The lowest BCUT2D eigenvalue weighted by Crippen LogP contribution is -2.46. The highest BCUT2D eigenvalue weighted by molar-refractivity contribution is 8.00. The van der Waals surface area contributed by atoms with Gasteiger partial charge in [-0.1, -0.05) is 18.2 Å². The van der Waals surface area contributed by atoms with Crippen LogP contribution >= 0.6 is 11.8 Å². The Kier molecular flexibility index (Phi) is 5.60. The number of benzene rings is 1. The van der Waals surface area contributed by atoms with Gasteiger partial charge in [0.2, 0.25) is 11.8 Å². The number of thioether (sulfide) groups is 1. The van der Waals surface area contributed by atoms with Crippen LogP contribution in [-0.4, -0.2) is 47.4 Å². The van der Waals surface area contributed by atoms with E-state index in [1.54, 1.807) is 16.7 Å². The molecule has 2 aliphatic heterocycles. The molecule has 1 aromatic rings. The van der Waals surface area contributed by atoms with E-state index in [0.29, 0.717) is 0 Å². The van der Waals surface area contributed by atoms with Gasteiger partial charge in [0.1, 0.15) is 6.54 Å². The SMILES string of the molecule is O=C(CN(C(=O)C1CCCS1)c1ccccc1)N1CCCCC1. The van der Waals surface area contributed by atoms with Gasteiger partial charge in [0.15, 0.2) is 0 Å². The molecule has 0 aliphatic carbocycles. The molecular weight excluding hydrogens is 308 g/mol. The largest absolute Gasteiger partial charge is 0.341 e. The second kappa shape index (κ2) is 7.86. The van der Waals surface area contributed by atoms with Gasteiger partial charge >= 0.3 is 0 Å². The summed E-state index contributed by atoms with van der Waals surface area (Å²) in [5, 5.41) is 0.00404. The highest BCUT2D eigenvalue weighted by Crippen LogP contribution is 2.29. The van der Waals surface area contributed by atoms with Gasteiger partial charge in [0.25, 0.3) is 0 Å². The van der Waals surface area contributed by atoms with Gasteiger partial charge in [0, 0.05) is 18.8 Å². The molecule has 2 aliphatic rings. The minimum Gasteiger partial charge on any atom is -0.341 e. The zero-order valence-electron chi connectivity index (χ0n) is 13.4. The van der Waals surface area contributed by atoms with E-state index in [-0.39, 0.29) is 23.6 Å². The van der Waals surface area contributed by atoms with E-state index >= 15 is 0 Å². The summed E-state index contributed by atoms with van der Waals surface area (Å²) in [6.07, 6.45) is 5.35. The zero-order valence-corrected chi connectivity index (χ0v) is 14.3. The molecule has 23 heavy (non-hydrogen) atoms. The molecule has 2 amide bonds. The van der Waals surface area contributed by atoms with E-state index in [4.69, 9.17) is 0 Å². The number of para-hydroxylation sites is 1. The first kappa shape index (κ1) is 16.4. The Morgan fingerprint density at radius 2 is 1.83 bits per heavy atom. The van der Waals surface area contributed by atoms with Crippen LogP contribution in [0.1, 0.15) is 32.1 Å². The van der Waals surface area contributed by atoms with Crippen molar-refractivity contribution in [3.05, 3.63) is 30.3 Å². The molecule has 1 aromatic carbocycles. The van der Waals surface area contributed by atoms with Crippen LogP contribution in [0.15, 0.2) is 30.3 Å². The monoisotopic (exact) mass is 332 g/mol. The van der Waals surface area contributed by atoms with Crippen LogP contribution in [0.4, 0.5) is 5.69 Å². The zero-order chi connectivity index (χ0) is 16.1. The third-order valence-electron chi connectivity index (χ3n) is 4.54. The number of carbonyl (C=O) groups is 2. The van der Waals surface area contributed by atoms with Crippen LogP contribution in [0.25, 0.3) is 0 Å². The fraction of sp³-hybridized carbons (Fsp3) is 0.556. The van der Waals surface area contributed by atoms with Crippen LogP contribution in [0, 0.1) is 0 Å². The Morgan fingerprint density at radius 1 is 1.09 bits per heavy atom. The summed E-state index contributed by atoms with van der Waals surface area (Å²) in [7, 11) is 0. The van der Waals surface area contributed by atoms with Gasteiger partial charge in [0.05, 0.1) is 5.25 Å². The van der Waals surface area contributed by atoms with Crippen LogP contribution in [0.3, 0.4) is 0 Å². The number of amides is 2. The van der Waals surface area contributed by atoms with Crippen molar-refractivity contribution in [1.82, 2.24) is 4.90 Å². The van der Waals surface area contributed by atoms with E-state index in [9.17, 15) is 9.59 Å². The van der Waals surface area contributed by atoms with Crippen LogP contribution in [-0.2, 0) is 9.59 Å². The molecule has 0 saturated carbocycles. The third-order valence-corrected chi connectivity index (χ3v) is 5.91. The Bertz CT molecular complexity index is 537. The highest BCUT2D eigenvalue weighted by atomic mass is 32.2. The lowest BCUT2D eigenvalue weighted by Gasteiger charge is -2.31. The highest BCUT2D eigenvalue weighted by Gasteiger charge is 2.31. The molecular formula is C18H24N2O2S. The van der Waals surface area contributed by atoms with Crippen molar-refractivity contribution in [3.8, 4) is 0 Å². The summed E-state index contributed by atoms with van der Waals surface area (Å²) in [5.74, 6) is 1.20. The van der Waals surface area contributed by atoms with Gasteiger partial charge in [-0.25, -0.2) is 0 Å². The molecule has 0 bridgehead atoms. The van der Waals surface area contributed by atoms with E-state index in [1.807, 2.05) is 35.2 Å². The molecule has 2 fully saturated rings. The summed E-state index contributed by atoms with van der Waals surface area (Å²) in [4.78, 5) is 29.1. The van der Waals surface area contributed by atoms with E-state index in [2.05, 4.69) is 0 Å². The second-order valence-corrected chi connectivity index (χ2v) is 7.51. The number of rotatable bonds is 4. The summed E-state index contributed by atoms with van der Waals surface area (Å²) < 4.78 is 0. The Morgan fingerprint density at radius 3 is 2.48 bits per heavy atom.